The van der Waals surface area contributed by atoms with Crippen LogP contribution < -0.4 is 0 Å². The van der Waals surface area contributed by atoms with E-state index in [9.17, 15) is 0 Å². The van der Waals surface area contributed by atoms with Crippen molar-refractivity contribution in [3.63, 3.8) is 0 Å². The van der Waals surface area contributed by atoms with Gasteiger partial charge >= 0.3 is 0 Å². The molecule has 0 saturated heterocycles. The molecule has 1 aromatic rings. The molecule has 1 aromatic heterocycles. The van der Waals surface area contributed by atoms with E-state index in [1.54, 1.807) is 6.33 Å². The van der Waals surface area contributed by atoms with Crippen molar-refractivity contribution in [1.29, 1.82) is 0 Å². The Labute approximate surface area is 90.5 Å². The van der Waals surface area contributed by atoms with E-state index in [1.807, 2.05) is 4.57 Å². The van der Waals surface area contributed by atoms with Crippen LogP contribution >= 0.6 is 11.6 Å². The number of nitrogens with zero attached hydrogens (tertiary/aromatic N) is 3. The van der Waals surface area contributed by atoms with Gasteiger partial charge in [0, 0.05) is 6.54 Å². The van der Waals surface area contributed by atoms with Gasteiger partial charge in [-0.1, -0.05) is 26.7 Å². The second-order valence-electron chi connectivity index (χ2n) is 3.96. The van der Waals surface area contributed by atoms with Crippen LogP contribution in [0.25, 0.3) is 0 Å². The minimum atomic E-state index is 0.449. The fourth-order valence-corrected chi connectivity index (χ4v) is 1.61. The molecule has 0 aliphatic rings. The maximum Gasteiger partial charge on any atom is 0.147 e. The van der Waals surface area contributed by atoms with Gasteiger partial charge in [-0.2, -0.15) is 0 Å². The fourth-order valence-electron chi connectivity index (χ4n) is 1.40. The zero-order valence-electron chi connectivity index (χ0n) is 8.91. The van der Waals surface area contributed by atoms with Gasteiger partial charge in [0.15, 0.2) is 0 Å². The highest BCUT2D eigenvalue weighted by molar-refractivity contribution is 6.16. The minimum Gasteiger partial charge on any atom is -0.317 e. The third kappa shape index (κ3) is 3.66. The van der Waals surface area contributed by atoms with Gasteiger partial charge in [-0.15, -0.1) is 21.8 Å². The summed E-state index contributed by atoms with van der Waals surface area (Å²) in [5.74, 6) is 2.11. The maximum atomic E-state index is 5.71. The molecule has 0 unspecified atom stereocenters. The van der Waals surface area contributed by atoms with Crippen molar-refractivity contribution in [1.82, 2.24) is 14.8 Å². The van der Waals surface area contributed by atoms with Crippen molar-refractivity contribution < 1.29 is 0 Å². The second kappa shape index (κ2) is 6.02. The molecule has 14 heavy (non-hydrogen) atoms. The van der Waals surface area contributed by atoms with Crippen LogP contribution in [0, 0.1) is 5.92 Å². The Hall–Kier alpha value is -0.570. The van der Waals surface area contributed by atoms with Gasteiger partial charge < -0.3 is 4.57 Å². The number of halogens is 1. The molecule has 0 N–H and O–H groups in total. The van der Waals surface area contributed by atoms with E-state index in [2.05, 4.69) is 24.0 Å². The number of hydrogen-bond acceptors (Lipinski definition) is 2. The zero-order valence-corrected chi connectivity index (χ0v) is 9.67. The van der Waals surface area contributed by atoms with Crippen LogP contribution in [-0.2, 0) is 12.4 Å². The van der Waals surface area contributed by atoms with Crippen LogP contribution in [0.4, 0.5) is 0 Å². The molecule has 0 atom stereocenters. The van der Waals surface area contributed by atoms with Crippen LogP contribution in [0.5, 0.6) is 0 Å². The van der Waals surface area contributed by atoms with E-state index in [1.165, 1.54) is 19.3 Å². The first-order chi connectivity index (χ1) is 6.74. The van der Waals surface area contributed by atoms with Crippen molar-refractivity contribution in [2.45, 2.75) is 45.5 Å². The Balaban J connectivity index is 2.24. The molecule has 0 amide bonds. The molecule has 0 aromatic carbocycles. The van der Waals surface area contributed by atoms with Crippen molar-refractivity contribution >= 4 is 11.6 Å². The van der Waals surface area contributed by atoms with Crippen molar-refractivity contribution in [3.8, 4) is 0 Å². The molecule has 0 saturated carbocycles. The lowest BCUT2D eigenvalue weighted by atomic mass is 10.1. The van der Waals surface area contributed by atoms with Crippen LogP contribution in [0.2, 0.25) is 0 Å². The number of hydrogen-bond donors (Lipinski definition) is 0. The summed E-state index contributed by atoms with van der Waals surface area (Å²) in [6.07, 6.45) is 5.49. The summed E-state index contributed by atoms with van der Waals surface area (Å²) in [5, 5.41) is 7.76. The van der Waals surface area contributed by atoms with Crippen LogP contribution in [0.15, 0.2) is 6.33 Å². The molecule has 0 spiro atoms. The Morgan fingerprint density at radius 3 is 2.86 bits per heavy atom. The fraction of sp³-hybridized carbons (Fsp3) is 0.800. The lowest BCUT2D eigenvalue weighted by Crippen LogP contribution is -2.01. The van der Waals surface area contributed by atoms with Gasteiger partial charge in [-0.25, -0.2) is 0 Å². The smallest absolute Gasteiger partial charge is 0.147 e. The molecule has 1 heterocycles. The summed E-state index contributed by atoms with van der Waals surface area (Å²) in [6.45, 7) is 5.49. The summed E-state index contributed by atoms with van der Waals surface area (Å²) in [5.41, 5.74) is 0. The number of aromatic nitrogens is 3. The Morgan fingerprint density at radius 1 is 1.43 bits per heavy atom. The zero-order chi connectivity index (χ0) is 10.4. The average molecular weight is 216 g/mol. The molecule has 3 nitrogen and oxygen atoms in total. The number of alkyl halides is 1. The highest BCUT2D eigenvalue weighted by atomic mass is 35.5. The molecule has 80 valence electrons. The topological polar surface area (TPSA) is 30.7 Å². The maximum absolute atomic E-state index is 5.71. The Morgan fingerprint density at radius 2 is 2.21 bits per heavy atom. The second-order valence-corrected chi connectivity index (χ2v) is 4.23. The molecule has 0 radical (unpaired) electrons. The Kier molecular flexibility index (Phi) is 4.94. The van der Waals surface area contributed by atoms with Gasteiger partial charge in [-0.05, 0) is 12.3 Å². The van der Waals surface area contributed by atoms with E-state index >= 15 is 0 Å². The highest BCUT2D eigenvalue weighted by Gasteiger charge is 2.01. The quantitative estimate of drug-likeness (QED) is 0.540. The summed E-state index contributed by atoms with van der Waals surface area (Å²) < 4.78 is 2.04. The van der Waals surface area contributed by atoms with Crippen LogP contribution in [0.3, 0.4) is 0 Å². The van der Waals surface area contributed by atoms with E-state index in [0.29, 0.717) is 5.88 Å². The predicted octanol–water partition coefficient (Wildman–Crippen LogP) is 2.84. The average Bonchev–Trinajstić information content (AvgIpc) is 2.59. The lowest BCUT2D eigenvalue weighted by Gasteiger charge is -2.06. The number of rotatable bonds is 6. The molecular formula is C10H18ClN3. The molecule has 0 fully saturated rings. The Bertz CT molecular complexity index is 258. The monoisotopic (exact) mass is 215 g/mol. The van der Waals surface area contributed by atoms with Gasteiger partial charge in [-0.3, -0.25) is 0 Å². The molecule has 1 rings (SSSR count). The van der Waals surface area contributed by atoms with E-state index in [4.69, 9.17) is 11.6 Å². The van der Waals surface area contributed by atoms with E-state index in [0.717, 1.165) is 18.3 Å². The van der Waals surface area contributed by atoms with Gasteiger partial charge in [0.1, 0.15) is 12.2 Å². The summed E-state index contributed by atoms with van der Waals surface area (Å²) in [7, 11) is 0. The van der Waals surface area contributed by atoms with E-state index in [-0.39, 0.29) is 0 Å². The normalized spacial score (nSPS) is 11.1. The largest absolute Gasteiger partial charge is 0.317 e. The molecule has 0 aliphatic heterocycles. The first kappa shape index (κ1) is 11.5. The highest BCUT2D eigenvalue weighted by Crippen LogP contribution is 2.08. The molecule has 0 aliphatic carbocycles. The third-order valence-electron chi connectivity index (χ3n) is 2.25. The first-order valence-corrected chi connectivity index (χ1v) is 5.70. The van der Waals surface area contributed by atoms with Crippen molar-refractivity contribution in [2.24, 2.45) is 5.92 Å². The van der Waals surface area contributed by atoms with Gasteiger partial charge in [0.2, 0.25) is 0 Å². The van der Waals surface area contributed by atoms with E-state index < -0.39 is 0 Å². The van der Waals surface area contributed by atoms with Gasteiger partial charge in [0.25, 0.3) is 0 Å². The summed E-state index contributed by atoms with van der Waals surface area (Å²) in [6, 6.07) is 0. The first-order valence-electron chi connectivity index (χ1n) is 5.16. The van der Waals surface area contributed by atoms with Crippen LogP contribution in [0.1, 0.15) is 38.9 Å². The van der Waals surface area contributed by atoms with Gasteiger partial charge in [0.05, 0.1) is 5.88 Å². The third-order valence-corrected chi connectivity index (χ3v) is 2.48. The molecule has 4 heteroatoms. The van der Waals surface area contributed by atoms with Crippen molar-refractivity contribution in [3.05, 3.63) is 12.2 Å². The molecular weight excluding hydrogens is 198 g/mol. The minimum absolute atomic E-state index is 0.449. The number of aryl methyl sites for hydroxylation is 1. The van der Waals surface area contributed by atoms with Crippen LogP contribution in [-0.4, -0.2) is 14.8 Å². The van der Waals surface area contributed by atoms with Crippen molar-refractivity contribution in [2.75, 3.05) is 0 Å². The SMILES string of the molecule is CC(C)CCCCn1cnnc1CCl. The standard InChI is InChI=1S/C10H18ClN3/c1-9(2)5-3-4-6-14-8-12-13-10(14)7-11/h8-9H,3-7H2,1-2H3. The number of unbranched alkanes of at least 4 members (excludes halogenated alkanes) is 1. The lowest BCUT2D eigenvalue weighted by molar-refractivity contribution is 0.505. The summed E-state index contributed by atoms with van der Waals surface area (Å²) in [4.78, 5) is 0. The predicted molar refractivity (Wildman–Crippen MR) is 58.3 cm³/mol. The summed E-state index contributed by atoms with van der Waals surface area (Å²) >= 11 is 5.71. The molecule has 0 bridgehead atoms.